The molecule has 0 unspecified atom stereocenters. The van der Waals surface area contributed by atoms with Crippen molar-refractivity contribution >= 4 is 80.6 Å². The van der Waals surface area contributed by atoms with Crippen LogP contribution < -0.4 is 0 Å². The van der Waals surface area contributed by atoms with Crippen LogP contribution in [0, 0.1) is 0 Å². The van der Waals surface area contributed by atoms with Gasteiger partial charge in [-0.3, -0.25) is 4.79 Å². The smallest absolute Gasteiger partial charge is 0.160 e. The second-order valence-electron chi connectivity index (χ2n) is 4.99. The van der Waals surface area contributed by atoms with E-state index in [1.54, 1.807) is 22.7 Å². The minimum absolute atomic E-state index is 0.800. The first-order chi connectivity index (χ1) is 10.3. The maximum absolute atomic E-state index is 11.1. The molecular weight excluding hydrogens is 316 g/mol. The fourth-order valence-corrected chi connectivity index (χ4v) is 5.82. The van der Waals surface area contributed by atoms with Crippen LogP contribution in [-0.2, 0) is 0 Å². The first-order valence-electron chi connectivity index (χ1n) is 6.55. The van der Waals surface area contributed by atoms with E-state index in [1.807, 2.05) is 17.4 Å². The molecule has 3 aromatic heterocycles. The summed E-state index contributed by atoms with van der Waals surface area (Å²) in [5, 5.41) is 7.34. The Morgan fingerprint density at radius 1 is 0.762 bits per heavy atom. The zero-order chi connectivity index (χ0) is 14.0. The molecule has 0 bridgehead atoms. The second-order valence-corrected chi connectivity index (χ2v) is 8.14. The highest BCUT2D eigenvalue weighted by Gasteiger charge is 2.13. The largest absolute Gasteiger partial charge is 0.297 e. The molecule has 0 spiro atoms. The summed E-state index contributed by atoms with van der Waals surface area (Å²) in [6.07, 6.45) is 0.950. The Morgan fingerprint density at radius 3 is 2.29 bits per heavy atom. The van der Waals surface area contributed by atoms with Crippen LogP contribution in [-0.4, -0.2) is 6.29 Å². The summed E-state index contributed by atoms with van der Waals surface area (Å²) in [5.74, 6) is 0. The third-order valence-electron chi connectivity index (χ3n) is 3.86. The highest BCUT2D eigenvalue weighted by atomic mass is 32.1. The van der Waals surface area contributed by atoms with Gasteiger partial charge in [-0.15, -0.1) is 34.0 Å². The van der Waals surface area contributed by atoms with E-state index in [2.05, 4.69) is 35.7 Å². The standard InChI is InChI=1S/C17H8OS3/c18-8-9-7-11-13(20-9)2-4-15-17(11)16-10-5-6-19-12(10)1-3-14(16)21-15/h1-8H. The number of hydrogen-bond acceptors (Lipinski definition) is 4. The van der Waals surface area contributed by atoms with E-state index in [0.717, 1.165) is 11.2 Å². The lowest BCUT2D eigenvalue weighted by Crippen LogP contribution is -1.70. The number of benzene rings is 2. The summed E-state index contributed by atoms with van der Waals surface area (Å²) in [5.41, 5.74) is 0. The third kappa shape index (κ3) is 1.52. The highest BCUT2D eigenvalue weighted by molar-refractivity contribution is 7.27. The second kappa shape index (κ2) is 4.13. The van der Waals surface area contributed by atoms with Gasteiger partial charge in [-0.1, -0.05) is 0 Å². The maximum Gasteiger partial charge on any atom is 0.160 e. The van der Waals surface area contributed by atoms with Crippen molar-refractivity contribution in [2.75, 3.05) is 0 Å². The molecule has 0 atom stereocenters. The van der Waals surface area contributed by atoms with Gasteiger partial charge in [0.1, 0.15) is 0 Å². The summed E-state index contributed by atoms with van der Waals surface area (Å²) in [6, 6.07) is 13.0. The zero-order valence-electron chi connectivity index (χ0n) is 10.8. The van der Waals surface area contributed by atoms with E-state index in [4.69, 9.17) is 0 Å². The lowest BCUT2D eigenvalue weighted by Gasteiger charge is -1.97. The van der Waals surface area contributed by atoms with Gasteiger partial charge in [-0.25, -0.2) is 0 Å². The summed E-state index contributed by atoms with van der Waals surface area (Å²) in [6.45, 7) is 0. The molecule has 5 rings (SSSR count). The van der Waals surface area contributed by atoms with Crippen molar-refractivity contribution in [3.8, 4) is 0 Å². The van der Waals surface area contributed by atoms with Crippen LogP contribution in [0.3, 0.4) is 0 Å². The number of carbonyl (C=O) groups excluding carboxylic acids is 1. The monoisotopic (exact) mass is 324 g/mol. The number of aldehydes is 1. The summed E-state index contributed by atoms with van der Waals surface area (Å²) in [7, 11) is 0. The molecule has 0 aliphatic heterocycles. The van der Waals surface area contributed by atoms with E-state index in [1.165, 1.54) is 40.3 Å². The van der Waals surface area contributed by atoms with Gasteiger partial charge >= 0.3 is 0 Å². The predicted molar refractivity (Wildman–Crippen MR) is 95.5 cm³/mol. The Morgan fingerprint density at radius 2 is 1.48 bits per heavy atom. The molecule has 3 heterocycles. The van der Waals surface area contributed by atoms with Gasteiger partial charge in [-0.05, 0) is 41.8 Å². The Kier molecular flexibility index (Phi) is 2.33. The molecule has 100 valence electrons. The van der Waals surface area contributed by atoms with Crippen LogP contribution >= 0.6 is 34.0 Å². The highest BCUT2D eigenvalue weighted by Crippen LogP contribution is 2.44. The minimum Gasteiger partial charge on any atom is -0.297 e. The van der Waals surface area contributed by atoms with Gasteiger partial charge in [0, 0.05) is 40.3 Å². The quantitative estimate of drug-likeness (QED) is 0.331. The maximum atomic E-state index is 11.1. The molecule has 0 aliphatic carbocycles. The van der Waals surface area contributed by atoms with Crippen molar-refractivity contribution in [3.63, 3.8) is 0 Å². The van der Waals surface area contributed by atoms with E-state index in [0.29, 0.717) is 0 Å². The first-order valence-corrected chi connectivity index (χ1v) is 9.06. The molecule has 0 amide bonds. The van der Waals surface area contributed by atoms with Gasteiger partial charge in [0.15, 0.2) is 6.29 Å². The molecule has 5 aromatic rings. The third-order valence-corrected chi connectivity index (χ3v) is 6.89. The molecule has 0 fully saturated rings. The van der Waals surface area contributed by atoms with Crippen molar-refractivity contribution < 1.29 is 4.79 Å². The molecule has 0 radical (unpaired) electrons. The minimum atomic E-state index is 0.800. The Labute approximate surface area is 132 Å². The van der Waals surface area contributed by atoms with Crippen LogP contribution in [0.2, 0.25) is 0 Å². The molecular formula is C17H8OS3. The van der Waals surface area contributed by atoms with Gasteiger partial charge in [0.05, 0.1) is 4.88 Å². The summed E-state index contributed by atoms with van der Waals surface area (Å²) in [4.78, 5) is 11.9. The Hall–Kier alpha value is -1.75. The van der Waals surface area contributed by atoms with Gasteiger partial charge in [0.25, 0.3) is 0 Å². The summed E-state index contributed by atoms with van der Waals surface area (Å²) < 4.78 is 5.13. The molecule has 0 N–H and O–H groups in total. The van der Waals surface area contributed by atoms with Crippen LogP contribution in [0.1, 0.15) is 9.67 Å². The van der Waals surface area contributed by atoms with E-state index in [-0.39, 0.29) is 0 Å². The molecule has 2 aromatic carbocycles. The molecule has 0 saturated heterocycles. The lowest BCUT2D eigenvalue weighted by atomic mass is 10.1. The molecule has 4 heteroatoms. The number of carbonyl (C=O) groups is 1. The topological polar surface area (TPSA) is 17.1 Å². The van der Waals surface area contributed by atoms with Crippen molar-refractivity contribution in [1.82, 2.24) is 0 Å². The SMILES string of the molecule is O=Cc1cc2c(ccc3sc4ccc5sccc5c4c32)s1. The van der Waals surface area contributed by atoms with Crippen molar-refractivity contribution in [3.05, 3.63) is 46.7 Å². The number of hydrogen-bond donors (Lipinski definition) is 0. The molecule has 21 heavy (non-hydrogen) atoms. The van der Waals surface area contributed by atoms with E-state index in [9.17, 15) is 4.79 Å². The van der Waals surface area contributed by atoms with Crippen LogP contribution in [0.25, 0.3) is 40.3 Å². The fourth-order valence-electron chi connectivity index (χ4n) is 3.00. The van der Waals surface area contributed by atoms with Crippen LogP contribution in [0.5, 0.6) is 0 Å². The number of thiophene rings is 3. The first kappa shape index (κ1) is 11.9. The number of fused-ring (bicyclic) bond motifs is 7. The van der Waals surface area contributed by atoms with E-state index >= 15 is 0 Å². The number of rotatable bonds is 1. The van der Waals surface area contributed by atoms with Crippen LogP contribution in [0.4, 0.5) is 0 Å². The Balaban J connectivity index is 2.14. The average Bonchev–Trinajstić information content (AvgIpc) is 3.20. The zero-order valence-corrected chi connectivity index (χ0v) is 13.2. The normalized spacial score (nSPS) is 12.0. The molecule has 1 nitrogen and oxygen atoms in total. The molecule has 0 saturated carbocycles. The van der Waals surface area contributed by atoms with E-state index < -0.39 is 0 Å². The summed E-state index contributed by atoms with van der Waals surface area (Å²) >= 11 is 5.18. The predicted octanol–water partition coefficient (Wildman–Crippen LogP) is 6.30. The average molecular weight is 324 g/mol. The van der Waals surface area contributed by atoms with Gasteiger partial charge < -0.3 is 0 Å². The Bertz CT molecular complexity index is 1160. The van der Waals surface area contributed by atoms with Crippen molar-refractivity contribution in [2.24, 2.45) is 0 Å². The van der Waals surface area contributed by atoms with Crippen molar-refractivity contribution in [2.45, 2.75) is 0 Å². The fraction of sp³-hybridized carbons (Fsp3) is 0. The van der Waals surface area contributed by atoms with Gasteiger partial charge in [-0.2, -0.15) is 0 Å². The van der Waals surface area contributed by atoms with Crippen molar-refractivity contribution in [1.29, 1.82) is 0 Å². The van der Waals surface area contributed by atoms with Crippen LogP contribution in [0.15, 0.2) is 41.8 Å². The van der Waals surface area contributed by atoms with Gasteiger partial charge in [0.2, 0.25) is 0 Å². The lowest BCUT2D eigenvalue weighted by molar-refractivity contribution is 0.112. The molecule has 0 aliphatic rings.